The van der Waals surface area contributed by atoms with Gasteiger partial charge in [0.15, 0.2) is 0 Å². The van der Waals surface area contributed by atoms with Gasteiger partial charge in [-0.15, -0.1) is 0 Å². The molecule has 0 spiro atoms. The molecule has 0 aliphatic heterocycles. The molecule has 15 heavy (non-hydrogen) atoms. The number of rotatable bonds is 5. The van der Waals surface area contributed by atoms with Crippen LogP contribution in [0, 0.1) is 5.92 Å². The van der Waals surface area contributed by atoms with Crippen LogP contribution in [0.3, 0.4) is 0 Å². The molecular weight excluding hydrogens is 186 g/mol. The minimum absolute atomic E-state index is 0.733. The Labute approximate surface area is 91.6 Å². The molecule has 0 saturated heterocycles. The molecule has 0 heterocycles. The van der Waals surface area contributed by atoms with Crippen LogP contribution in [0.2, 0.25) is 0 Å². The van der Waals surface area contributed by atoms with Crippen molar-refractivity contribution in [3.63, 3.8) is 0 Å². The summed E-state index contributed by atoms with van der Waals surface area (Å²) >= 11 is 0. The van der Waals surface area contributed by atoms with E-state index in [1.807, 2.05) is 19.1 Å². The van der Waals surface area contributed by atoms with E-state index in [4.69, 9.17) is 4.74 Å². The zero-order valence-electron chi connectivity index (χ0n) is 9.49. The molecular formula is C13H19NO. The standard InChI is InChI=1S/C13H19NO/c1-3-15-12-6-4-11(5-7-12)9-14-13-8-10(13)2/h4-7,10,13-14H,3,8-9H2,1-2H3. The van der Waals surface area contributed by atoms with E-state index in [-0.39, 0.29) is 0 Å². The fraction of sp³-hybridized carbons (Fsp3) is 0.538. The first kappa shape index (κ1) is 10.5. The summed E-state index contributed by atoms with van der Waals surface area (Å²) in [5, 5.41) is 3.53. The third kappa shape index (κ3) is 2.96. The fourth-order valence-electron chi connectivity index (χ4n) is 1.73. The molecule has 2 rings (SSSR count). The molecule has 1 N–H and O–H groups in total. The van der Waals surface area contributed by atoms with Crippen molar-refractivity contribution < 1.29 is 4.74 Å². The van der Waals surface area contributed by atoms with Crippen LogP contribution in [0.5, 0.6) is 5.75 Å². The van der Waals surface area contributed by atoms with E-state index in [9.17, 15) is 0 Å². The van der Waals surface area contributed by atoms with Crippen molar-refractivity contribution in [1.29, 1.82) is 0 Å². The van der Waals surface area contributed by atoms with Crippen molar-refractivity contribution in [3.8, 4) is 5.75 Å². The van der Waals surface area contributed by atoms with Gasteiger partial charge in [-0.2, -0.15) is 0 Å². The van der Waals surface area contributed by atoms with Crippen LogP contribution in [-0.2, 0) is 6.54 Å². The highest BCUT2D eigenvalue weighted by molar-refractivity contribution is 5.27. The van der Waals surface area contributed by atoms with Crippen LogP contribution in [0.4, 0.5) is 0 Å². The molecule has 2 unspecified atom stereocenters. The van der Waals surface area contributed by atoms with Crippen molar-refractivity contribution >= 4 is 0 Å². The van der Waals surface area contributed by atoms with Gasteiger partial charge < -0.3 is 10.1 Å². The van der Waals surface area contributed by atoms with Crippen LogP contribution >= 0.6 is 0 Å². The third-order valence-corrected chi connectivity index (χ3v) is 2.91. The Morgan fingerprint density at radius 1 is 1.33 bits per heavy atom. The van der Waals surface area contributed by atoms with Gasteiger partial charge in [-0.05, 0) is 37.0 Å². The van der Waals surface area contributed by atoms with Gasteiger partial charge in [-0.25, -0.2) is 0 Å². The molecule has 0 amide bonds. The highest BCUT2D eigenvalue weighted by Gasteiger charge is 2.31. The van der Waals surface area contributed by atoms with Crippen LogP contribution in [0.15, 0.2) is 24.3 Å². The largest absolute Gasteiger partial charge is 0.494 e. The van der Waals surface area contributed by atoms with Gasteiger partial charge in [0.2, 0.25) is 0 Å². The van der Waals surface area contributed by atoms with Crippen molar-refractivity contribution in [2.24, 2.45) is 5.92 Å². The maximum absolute atomic E-state index is 5.40. The quantitative estimate of drug-likeness (QED) is 0.797. The maximum Gasteiger partial charge on any atom is 0.119 e. The minimum atomic E-state index is 0.733. The Kier molecular flexibility index (Phi) is 3.27. The van der Waals surface area contributed by atoms with E-state index in [1.165, 1.54) is 12.0 Å². The van der Waals surface area contributed by atoms with Gasteiger partial charge in [0.1, 0.15) is 5.75 Å². The molecule has 2 heteroatoms. The Bertz CT molecular complexity index is 307. The zero-order chi connectivity index (χ0) is 10.7. The first-order valence-corrected chi connectivity index (χ1v) is 5.74. The molecule has 0 radical (unpaired) electrons. The van der Waals surface area contributed by atoms with Crippen LogP contribution < -0.4 is 10.1 Å². The number of hydrogen-bond acceptors (Lipinski definition) is 2. The molecule has 2 nitrogen and oxygen atoms in total. The van der Waals surface area contributed by atoms with Crippen molar-refractivity contribution in [1.82, 2.24) is 5.32 Å². The van der Waals surface area contributed by atoms with E-state index in [0.29, 0.717) is 0 Å². The monoisotopic (exact) mass is 205 g/mol. The van der Waals surface area contributed by atoms with E-state index in [1.54, 1.807) is 0 Å². The number of benzene rings is 1. The number of ether oxygens (including phenoxy) is 1. The molecule has 1 aliphatic carbocycles. The van der Waals surface area contributed by atoms with E-state index in [2.05, 4.69) is 24.4 Å². The van der Waals surface area contributed by atoms with Crippen molar-refractivity contribution in [2.75, 3.05) is 6.61 Å². The van der Waals surface area contributed by atoms with Crippen LogP contribution in [0.1, 0.15) is 25.8 Å². The Morgan fingerprint density at radius 2 is 2.00 bits per heavy atom. The molecule has 1 aromatic rings. The Balaban J connectivity index is 1.81. The molecule has 0 bridgehead atoms. The summed E-state index contributed by atoms with van der Waals surface area (Å²) in [7, 11) is 0. The summed E-state index contributed by atoms with van der Waals surface area (Å²) in [6, 6.07) is 9.08. The topological polar surface area (TPSA) is 21.3 Å². The molecule has 1 aromatic carbocycles. The Morgan fingerprint density at radius 3 is 2.53 bits per heavy atom. The van der Waals surface area contributed by atoms with Gasteiger partial charge in [0, 0.05) is 12.6 Å². The summed E-state index contributed by atoms with van der Waals surface area (Å²) in [6.45, 7) is 6.00. The zero-order valence-corrected chi connectivity index (χ0v) is 9.49. The summed E-state index contributed by atoms with van der Waals surface area (Å²) < 4.78 is 5.40. The summed E-state index contributed by atoms with van der Waals surface area (Å²) in [5.41, 5.74) is 1.33. The maximum atomic E-state index is 5.40. The lowest BCUT2D eigenvalue weighted by molar-refractivity contribution is 0.340. The third-order valence-electron chi connectivity index (χ3n) is 2.91. The molecule has 1 fully saturated rings. The minimum Gasteiger partial charge on any atom is -0.494 e. The van der Waals surface area contributed by atoms with Gasteiger partial charge in [0.05, 0.1) is 6.61 Å². The van der Waals surface area contributed by atoms with Gasteiger partial charge in [0.25, 0.3) is 0 Å². The summed E-state index contributed by atoms with van der Waals surface area (Å²) in [4.78, 5) is 0. The summed E-state index contributed by atoms with van der Waals surface area (Å²) in [5.74, 6) is 1.83. The van der Waals surface area contributed by atoms with Gasteiger partial charge >= 0.3 is 0 Å². The van der Waals surface area contributed by atoms with Crippen molar-refractivity contribution in [3.05, 3.63) is 29.8 Å². The highest BCUT2D eigenvalue weighted by Crippen LogP contribution is 2.29. The second-order valence-corrected chi connectivity index (χ2v) is 4.28. The number of hydrogen-bond donors (Lipinski definition) is 1. The van der Waals surface area contributed by atoms with E-state index >= 15 is 0 Å². The molecule has 2 atom stereocenters. The van der Waals surface area contributed by atoms with Crippen LogP contribution in [-0.4, -0.2) is 12.6 Å². The molecule has 1 saturated carbocycles. The van der Waals surface area contributed by atoms with E-state index in [0.717, 1.165) is 30.9 Å². The van der Waals surface area contributed by atoms with Gasteiger partial charge in [-0.1, -0.05) is 19.1 Å². The predicted octanol–water partition coefficient (Wildman–Crippen LogP) is 2.58. The van der Waals surface area contributed by atoms with Gasteiger partial charge in [-0.3, -0.25) is 0 Å². The lowest BCUT2D eigenvalue weighted by Crippen LogP contribution is -2.16. The summed E-state index contributed by atoms with van der Waals surface area (Å²) in [6.07, 6.45) is 1.33. The SMILES string of the molecule is CCOc1ccc(CNC2CC2C)cc1. The molecule has 0 aromatic heterocycles. The highest BCUT2D eigenvalue weighted by atomic mass is 16.5. The Hall–Kier alpha value is -1.02. The number of nitrogens with one attached hydrogen (secondary N) is 1. The average Bonchev–Trinajstić information content (AvgIpc) is 2.94. The predicted molar refractivity (Wildman–Crippen MR) is 62.0 cm³/mol. The first-order chi connectivity index (χ1) is 7.29. The van der Waals surface area contributed by atoms with Crippen molar-refractivity contribution in [2.45, 2.75) is 32.9 Å². The fourth-order valence-corrected chi connectivity index (χ4v) is 1.73. The second kappa shape index (κ2) is 4.67. The normalized spacial score (nSPS) is 23.9. The van der Waals surface area contributed by atoms with E-state index < -0.39 is 0 Å². The van der Waals surface area contributed by atoms with Crippen LogP contribution in [0.25, 0.3) is 0 Å². The molecule has 1 aliphatic rings. The first-order valence-electron chi connectivity index (χ1n) is 5.74. The lowest BCUT2D eigenvalue weighted by atomic mass is 10.2. The second-order valence-electron chi connectivity index (χ2n) is 4.28. The average molecular weight is 205 g/mol. The lowest BCUT2D eigenvalue weighted by Gasteiger charge is -2.06. The molecule has 82 valence electrons. The smallest absolute Gasteiger partial charge is 0.119 e.